The van der Waals surface area contributed by atoms with Crippen LogP contribution in [0.15, 0.2) is 0 Å². The maximum atomic E-state index is 13.0. The van der Waals surface area contributed by atoms with Gasteiger partial charge in [-0.25, -0.2) is 9.13 Å². The zero-order chi connectivity index (χ0) is 63.6. The summed E-state index contributed by atoms with van der Waals surface area (Å²) in [4.78, 5) is 72.0. The fourth-order valence-electron chi connectivity index (χ4n) is 10.0. The number of aliphatic hydroxyl groups excluding tert-OH is 1. The first-order valence-electron chi connectivity index (χ1n) is 35.0. The maximum absolute atomic E-state index is 13.0. The Morgan fingerprint density at radius 2 is 0.593 bits per heavy atom. The zero-order valence-corrected chi connectivity index (χ0v) is 57.4. The number of phosphoric acid groups is 2. The molecule has 6 atom stereocenters. The first-order valence-corrected chi connectivity index (χ1v) is 38.0. The highest BCUT2D eigenvalue weighted by Crippen LogP contribution is 2.45. The molecule has 0 aliphatic rings. The molecule has 0 bridgehead atoms. The fourth-order valence-corrected chi connectivity index (χ4v) is 11.6. The Morgan fingerprint density at radius 3 is 0.884 bits per heavy atom. The average molecular weight is 1270 g/mol. The van der Waals surface area contributed by atoms with Crippen molar-refractivity contribution >= 4 is 39.5 Å². The normalized spacial score (nSPS) is 14.5. The number of esters is 4. The summed E-state index contributed by atoms with van der Waals surface area (Å²) in [6, 6.07) is 0. The van der Waals surface area contributed by atoms with Crippen LogP contribution in [0.25, 0.3) is 0 Å². The third-order valence-electron chi connectivity index (χ3n) is 15.8. The first kappa shape index (κ1) is 84.1. The number of hydrogen-bond acceptors (Lipinski definition) is 15. The van der Waals surface area contributed by atoms with Gasteiger partial charge in [0.25, 0.3) is 0 Å². The minimum Gasteiger partial charge on any atom is -0.462 e. The molecule has 0 spiro atoms. The van der Waals surface area contributed by atoms with Gasteiger partial charge in [-0.15, -0.1) is 0 Å². The van der Waals surface area contributed by atoms with Crippen molar-refractivity contribution in [3.05, 3.63) is 0 Å². The van der Waals surface area contributed by atoms with Crippen LogP contribution in [0, 0.1) is 11.8 Å². The summed E-state index contributed by atoms with van der Waals surface area (Å²) in [5.74, 6) is -0.748. The molecule has 0 heterocycles. The summed E-state index contributed by atoms with van der Waals surface area (Å²) in [6.07, 6.45) is 44.0. The van der Waals surface area contributed by atoms with Crippen molar-refractivity contribution in [2.24, 2.45) is 11.8 Å². The van der Waals surface area contributed by atoms with E-state index >= 15 is 0 Å². The molecule has 0 aliphatic carbocycles. The summed E-state index contributed by atoms with van der Waals surface area (Å²) >= 11 is 0. The van der Waals surface area contributed by atoms with E-state index in [-0.39, 0.29) is 25.7 Å². The number of ether oxygens (including phenoxy) is 4. The summed E-state index contributed by atoms with van der Waals surface area (Å²) in [6.45, 7) is 9.28. The van der Waals surface area contributed by atoms with Crippen LogP contribution < -0.4 is 0 Å². The van der Waals surface area contributed by atoms with Crippen molar-refractivity contribution in [3.63, 3.8) is 0 Å². The molecule has 0 aromatic carbocycles. The molecule has 3 N–H and O–H groups in total. The van der Waals surface area contributed by atoms with Gasteiger partial charge in [-0.1, -0.05) is 286 Å². The SMILES string of the molecule is CCCCCCCCCCCCCCCCCCCCCCCCC(=O)O[C@H](COC(=O)CCCCCCCCC(C)CC)COP(=O)(O)OC[C@@H](O)COP(=O)(O)OC[C@@H](COC(=O)CCCCCCC)OC(=O)CCCCCCCCC(C)C. The zero-order valence-electron chi connectivity index (χ0n) is 55.6. The predicted octanol–water partition coefficient (Wildman–Crippen LogP) is 18.8. The molecule has 17 nitrogen and oxygen atoms in total. The van der Waals surface area contributed by atoms with Crippen molar-refractivity contribution in [2.75, 3.05) is 39.6 Å². The van der Waals surface area contributed by atoms with Crippen LogP contribution in [0.3, 0.4) is 0 Å². The van der Waals surface area contributed by atoms with E-state index in [1.165, 1.54) is 141 Å². The lowest BCUT2D eigenvalue weighted by atomic mass is 10.00. The van der Waals surface area contributed by atoms with Gasteiger partial charge >= 0.3 is 39.5 Å². The molecule has 3 unspecified atom stereocenters. The van der Waals surface area contributed by atoms with Crippen LogP contribution in [0.1, 0.15) is 337 Å². The molecule has 0 amide bonds. The minimum atomic E-state index is -4.95. The van der Waals surface area contributed by atoms with Crippen LogP contribution in [-0.4, -0.2) is 96.7 Å². The van der Waals surface area contributed by atoms with Gasteiger partial charge in [0.2, 0.25) is 0 Å². The predicted molar refractivity (Wildman–Crippen MR) is 345 cm³/mol. The summed E-state index contributed by atoms with van der Waals surface area (Å²) in [7, 11) is -9.88. The molecule has 0 radical (unpaired) electrons. The lowest BCUT2D eigenvalue weighted by Gasteiger charge is -2.21. The van der Waals surface area contributed by atoms with Gasteiger partial charge < -0.3 is 33.8 Å². The Labute approximate surface area is 524 Å². The van der Waals surface area contributed by atoms with Crippen molar-refractivity contribution in [1.29, 1.82) is 0 Å². The Hall–Kier alpha value is -1.94. The smallest absolute Gasteiger partial charge is 0.462 e. The minimum absolute atomic E-state index is 0.101. The third kappa shape index (κ3) is 59.7. The highest BCUT2D eigenvalue weighted by molar-refractivity contribution is 7.47. The lowest BCUT2D eigenvalue weighted by Crippen LogP contribution is -2.30. The molecule has 19 heteroatoms. The van der Waals surface area contributed by atoms with E-state index in [9.17, 15) is 43.2 Å². The van der Waals surface area contributed by atoms with Gasteiger partial charge in [-0.05, 0) is 37.5 Å². The molecule has 0 aromatic rings. The van der Waals surface area contributed by atoms with E-state index in [4.69, 9.17) is 37.0 Å². The summed E-state index contributed by atoms with van der Waals surface area (Å²) in [5, 5.41) is 10.5. The van der Waals surface area contributed by atoms with E-state index in [1.54, 1.807) is 0 Å². The van der Waals surface area contributed by atoms with Crippen LogP contribution in [-0.2, 0) is 65.4 Å². The highest BCUT2D eigenvalue weighted by Gasteiger charge is 2.30. The first-order chi connectivity index (χ1) is 41.4. The van der Waals surface area contributed by atoms with Crippen molar-refractivity contribution in [2.45, 2.75) is 355 Å². The number of phosphoric ester groups is 2. The van der Waals surface area contributed by atoms with Gasteiger partial charge in [0, 0.05) is 25.7 Å². The second-order valence-corrected chi connectivity index (χ2v) is 27.8. The summed E-state index contributed by atoms with van der Waals surface area (Å²) < 4.78 is 67.8. The second kappa shape index (κ2) is 59.4. The van der Waals surface area contributed by atoms with E-state index in [2.05, 4.69) is 41.5 Å². The molecule has 0 rings (SSSR count). The Balaban J connectivity index is 5.05. The van der Waals surface area contributed by atoms with E-state index in [0.29, 0.717) is 31.6 Å². The number of unbranched alkanes of at least 4 members (excludes halogenated alkanes) is 35. The standard InChI is InChI=1S/C67H130O17P2/c1-7-10-12-14-15-16-17-18-19-20-21-22-23-24-25-26-27-28-29-30-39-45-51-66(71)83-63(56-78-65(70)50-44-38-34-32-37-42-48-60(6)9-3)58-82-86(75,76)80-54-61(68)53-79-85(73,74)81-57-62(55-77-64(69)49-43-35-13-11-8-2)84-67(72)52-46-40-33-31-36-41-47-59(4)5/h59-63,68H,7-58H2,1-6H3,(H,73,74)(H,75,76)/t60?,61-,62+,63+/m0/s1. The quantitative estimate of drug-likeness (QED) is 0.0222. The molecular formula is C67H130O17P2. The molecule has 0 saturated heterocycles. The topological polar surface area (TPSA) is 237 Å². The number of rotatable bonds is 66. The largest absolute Gasteiger partial charge is 0.472 e. The molecule has 0 fully saturated rings. The van der Waals surface area contributed by atoms with Gasteiger partial charge in [-0.3, -0.25) is 37.3 Å². The molecule has 0 aromatic heterocycles. The number of carbonyl (C=O) groups is 4. The van der Waals surface area contributed by atoms with Crippen molar-refractivity contribution in [1.82, 2.24) is 0 Å². The van der Waals surface area contributed by atoms with Crippen LogP contribution in [0.2, 0.25) is 0 Å². The van der Waals surface area contributed by atoms with Crippen LogP contribution >= 0.6 is 15.6 Å². The van der Waals surface area contributed by atoms with Crippen molar-refractivity contribution in [3.8, 4) is 0 Å². The monoisotopic (exact) mass is 1270 g/mol. The molecule has 0 saturated carbocycles. The van der Waals surface area contributed by atoms with Crippen LogP contribution in [0.4, 0.5) is 0 Å². The van der Waals surface area contributed by atoms with E-state index in [1.807, 2.05) is 0 Å². The second-order valence-electron chi connectivity index (χ2n) is 24.9. The number of aliphatic hydroxyl groups is 1. The Kier molecular flexibility index (Phi) is 58.0. The lowest BCUT2D eigenvalue weighted by molar-refractivity contribution is -0.161. The Bertz CT molecular complexity index is 1690. The van der Waals surface area contributed by atoms with Crippen molar-refractivity contribution < 1.29 is 80.2 Å². The third-order valence-corrected chi connectivity index (χ3v) is 17.7. The highest BCUT2D eigenvalue weighted by atomic mass is 31.2. The molecule has 0 aliphatic heterocycles. The Morgan fingerprint density at radius 1 is 0.337 bits per heavy atom. The molecular weight excluding hydrogens is 1140 g/mol. The van der Waals surface area contributed by atoms with E-state index in [0.717, 1.165) is 109 Å². The van der Waals surface area contributed by atoms with E-state index < -0.39 is 97.5 Å². The average Bonchev–Trinajstić information content (AvgIpc) is 3.53. The summed E-state index contributed by atoms with van der Waals surface area (Å²) in [5.41, 5.74) is 0. The number of carbonyl (C=O) groups excluding carboxylic acids is 4. The maximum Gasteiger partial charge on any atom is 0.472 e. The number of hydrogen-bond donors (Lipinski definition) is 3. The molecule has 510 valence electrons. The fraction of sp³-hybridized carbons (Fsp3) is 0.940. The van der Waals surface area contributed by atoms with Gasteiger partial charge in [0.1, 0.15) is 19.3 Å². The van der Waals surface area contributed by atoms with Gasteiger partial charge in [0.15, 0.2) is 12.2 Å². The van der Waals surface area contributed by atoms with Gasteiger partial charge in [-0.2, -0.15) is 0 Å². The molecule has 86 heavy (non-hydrogen) atoms. The van der Waals surface area contributed by atoms with Crippen LogP contribution in [0.5, 0.6) is 0 Å². The van der Waals surface area contributed by atoms with Gasteiger partial charge in [0.05, 0.1) is 26.4 Å².